The Morgan fingerprint density at radius 2 is 2.05 bits per heavy atom. The molecule has 2 aromatic carbocycles. The number of fused-ring (bicyclic) bond motifs is 3. The van der Waals surface area contributed by atoms with E-state index in [1.165, 1.54) is 19.3 Å². The summed E-state index contributed by atoms with van der Waals surface area (Å²) in [6.45, 7) is 11.2. The van der Waals surface area contributed by atoms with Crippen molar-refractivity contribution in [3.8, 4) is 0 Å². The summed E-state index contributed by atoms with van der Waals surface area (Å²) in [6, 6.07) is 11.6. The van der Waals surface area contributed by atoms with Crippen molar-refractivity contribution in [2.45, 2.75) is 59.0 Å². The van der Waals surface area contributed by atoms with Gasteiger partial charge in [-0.1, -0.05) is 43.1 Å². The van der Waals surface area contributed by atoms with Gasteiger partial charge in [0.25, 0.3) is 5.56 Å². The lowest BCUT2D eigenvalue weighted by Gasteiger charge is -2.60. The van der Waals surface area contributed by atoms with Crippen molar-refractivity contribution in [3.05, 3.63) is 68.7 Å². The lowest BCUT2D eigenvalue weighted by Crippen LogP contribution is -2.54. The monoisotopic (exact) mass is 594 g/mol. The lowest BCUT2D eigenvalue weighted by atomic mass is 9.45. The fraction of sp³-hybridized carbons (Fsp3) is 0.531. The second kappa shape index (κ2) is 11.6. The fourth-order valence-corrected chi connectivity index (χ4v) is 7.72. The van der Waals surface area contributed by atoms with E-state index in [0.717, 1.165) is 55.2 Å². The van der Waals surface area contributed by atoms with Gasteiger partial charge in [-0.15, -0.1) is 0 Å². The number of nitrogens with zero attached hydrogens (tertiary/aromatic N) is 4. The zero-order valence-corrected chi connectivity index (χ0v) is 25.7. The highest BCUT2D eigenvalue weighted by Crippen LogP contribution is 2.61. The van der Waals surface area contributed by atoms with Crippen molar-refractivity contribution in [3.63, 3.8) is 0 Å². The topological polar surface area (TPSA) is 74.5 Å². The first kappa shape index (κ1) is 28.5. The Labute approximate surface area is 252 Å². The van der Waals surface area contributed by atoms with E-state index in [2.05, 4.69) is 41.3 Å². The second-order valence-electron chi connectivity index (χ2n) is 12.7. The van der Waals surface area contributed by atoms with Crippen LogP contribution in [0.1, 0.15) is 45.6 Å². The number of hydrogen-bond acceptors (Lipinski definition) is 4. The number of benzene rings is 2. The molecule has 0 unspecified atom stereocenters. The van der Waals surface area contributed by atoms with Gasteiger partial charge in [0.05, 0.1) is 17.2 Å². The number of guanidine groups is 1. The summed E-state index contributed by atoms with van der Waals surface area (Å²) in [5.41, 5.74) is 2.91. The summed E-state index contributed by atoms with van der Waals surface area (Å²) in [5.74, 6) is 3.23. The van der Waals surface area contributed by atoms with Gasteiger partial charge in [-0.3, -0.25) is 14.4 Å². The minimum absolute atomic E-state index is 0.0600. The molecular weight excluding hydrogens is 555 g/mol. The number of aromatic nitrogens is 2. The summed E-state index contributed by atoms with van der Waals surface area (Å²) in [4.78, 5) is 25.5. The molecule has 218 valence electrons. The maximum atomic E-state index is 13.3. The predicted molar refractivity (Wildman–Crippen MR) is 169 cm³/mol. The molecule has 3 aromatic rings. The standard InChI is InChI=1S/C32H40Cl2N6O/c1-20-18-39(13-11-35-20)31(36-17-22-4-6-23-14-27(22)32(23,2)3)38-25-8-9-26-29(16-25)37-19-40(30(26)41)12-10-21-5-7-24(33)15-28(21)34/h5,7-9,15-16,19-20,22-23,27,35H,4,6,10-14,17-18H2,1-3H3,(H,36,38)/t20-,22-,23-,27-/m0/s1. The van der Waals surface area contributed by atoms with Gasteiger partial charge in [0.15, 0.2) is 5.96 Å². The molecule has 2 heterocycles. The summed E-state index contributed by atoms with van der Waals surface area (Å²) < 4.78 is 1.64. The van der Waals surface area contributed by atoms with Gasteiger partial charge < -0.3 is 15.5 Å². The van der Waals surface area contributed by atoms with Crippen LogP contribution in [0, 0.1) is 23.2 Å². The van der Waals surface area contributed by atoms with Crippen molar-refractivity contribution in [2.75, 3.05) is 31.5 Å². The van der Waals surface area contributed by atoms with E-state index in [1.807, 2.05) is 30.3 Å². The van der Waals surface area contributed by atoms with Gasteiger partial charge in [0.1, 0.15) is 0 Å². The first-order valence-corrected chi connectivity index (χ1v) is 15.7. The molecule has 2 N–H and O–H groups in total. The predicted octanol–water partition coefficient (Wildman–Crippen LogP) is 6.08. The number of rotatable bonds is 6. The first-order valence-electron chi connectivity index (χ1n) is 14.9. The first-order chi connectivity index (χ1) is 19.7. The molecule has 4 aliphatic rings. The van der Waals surface area contributed by atoms with Gasteiger partial charge in [-0.05, 0) is 91.7 Å². The van der Waals surface area contributed by atoms with Crippen LogP contribution >= 0.6 is 23.2 Å². The number of hydrogen-bond donors (Lipinski definition) is 2. The van der Waals surface area contributed by atoms with Crippen molar-refractivity contribution in [1.82, 2.24) is 19.8 Å². The molecule has 2 bridgehead atoms. The third-order valence-corrected chi connectivity index (χ3v) is 10.5. The highest BCUT2D eigenvalue weighted by atomic mass is 35.5. The summed E-state index contributed by atoms with van der Waals surface area (Å²) in [6.07, 6.45) is 6.22. The van der Waals surface area contributed by atoms with Crippen LogP contribution in [0.5, 0.6) is 0 Å². The fourth-order valence-electron chi connectivity index (χ4n) is 7.22. The van der Waals surface area contributed by atoms with Gasteiger partial charge in [-0.2, -0.15) is 0 Å². The molecule has 0 radical (unpaired) electrons. The lowest BCUT2D eigenvalue weighted by molar-refractivity contribution is -0.101. The minimum atomic E-state index is -0.0600. The molecule has 1 saturated heterocycles. The number of anilines is 1. The van der Waals surface area contributed by atoms with Crippen LogP contribution in [0.2, 0.25) is 10.0 Å². The van der Waals surface area contributed by atoms with E-state index < -0.39 is 0 Å². The van der Waals surface area contributed by atoms with Crippen LogP contribution in [-0.2, 0) is 13.0 Å². The second-order valence-corrected chi connectivity index (χ2v) is 13.6. The molecule has 0 amide bonds. The van der Waals surface area contributed by atoms with Crippen molar-refractivity contribution in [2.24, 2.45) is 28.2 Å². The minimum Gasteiger partial charge on any atom is -0.340 e. The van der Waals surface area contributed by atoms with Gasteiger partial charge in [0, 0.05) is 54.5 Å². The Balaban J connectivity index is 1.20. The molecule has 4 atom stereocenters. The van der Waals surface area contributed by atoms with Crippen LogP contribution in [0.3, 0.4) is 0 Å². The van der Waals surface area contributed by atoms with E-state index in [-0.39, 0.29) is 5.56 Å². The van der Waals surface area contributed by atoms with E-state index >= 15 is 0 Å². The highest BCUT2D eigenvalue weighted by molar-refractivity contribution is 6.35. The third kappa shape index (κ3) is 5.86. The number of aryl methyl sites for hydroxylation is 2. The molecule has 7 nitrogen and oxygen atoms in total. The van der Waals surface area contributed by atoms with Gasteiger partial charge in [-0.25, -0.2) is 4.98 Å². The van der Waals surface area contributed by atoms with Crippen LogP contribution in [0.15, 0.2) is 52.5 Å². The number of halogens is 2. The van der Waals surface area contributed by atoms with E-state index in [0.29, 0.717) is 51.3 Å². The van der Waals surface area contributed by atoms with Crippen molar-refractivity contribution in [1.29, 1.82) is 0 Å². The van der Waals surface area contributed by atoms with E-state index in [9.17, 15) is 4.79 Å². The molecule has 41 heavy (non-hydrogen) atoms. The van der Waals surface area contributed by atoms with Crippen LogP contribution < -0.4 is 16.2 Å². The van der Waals surface area contributed by atoms with Crippen LogP contribution in [0.25, 0.3) is 10.9 Å². The summed E-state index contributed by atoms with van der Waals surface area (Å²) in [5, 5.41) is 8.95. The van der Waals surface area contributed by atoms with E-state index in [1.54, 1.807) is 17.0 Å². The quantitative estimate of drug-likeness (QED) is 0.267. The Hall–Kier alpha value is -2.61. The maximum absolute atomic E-state index is 13.3. The Bertz CT molecular complexity index is 1520. The number of piperazine rings is 1. The third-order valence-electron chi connectivity index (χ3n) is 9.86. The molecule has 3 aliphatic carbocycles. The molecule has 3 saturated carbocycles. The number of aliphatic imine (C=N–C) groups is 1. The van der Waals surface area contributed by atoms with Crippen LogP contribution in [0.4, 0.5) is 5.69 Å². The van der Waals surface area contributed by atoms with Gasteiger partial charge >= 0.3 is 0 Å². The average Bonchev–Trinajstić information content (AvgIpc) is 2.95. The maximum Gasteiger partial charge on any atom is 0.261 e. The van der Waals surface area contributed by atoms with Crippen LogP contribution in [-0.4, -0.2) is 52.6 Å². The Morgan fingerprint density at radius 3 is 2.80 bits per heavy atom. The highest BCUT2D eigenvalue weighted by Gasteiger charge is 2.53. The largest absolute Gasteiger partial charge is 0.340 e. The zero-order chi connectivity index (χ0) is 28.7. The van der Waals surface area contributed by atoms with Gasteiger partial charge in [0.2, 0.25) is 0 Å². The molecular formula is C32H40Cl2N6O. The normalized spacial score (nSPS) is 25.7. The zero-order valence-electron chi connectivity index (χ0n) is 24.2. The van der Waals surface area contributed by atoms with Crippen molar-refractivity contribution < 1.29 is 0 Å². The smallest absolute Gasteiger partial charge is 0.261 e. The number of nitrogens with one attached hydrogen (secondary N) is 2. The summed E-state index contributed by atoms with van der Waals surface area (Å²) >= 11 is 12.4. The summed E-state index contributed by atoms with van der Waals surface area (Å²) in [7, 11) is 0. The molecule has 0 spiro atoms. The average molecular weight is 596 g/mol. The molecule has 9 heteroatoms. The molecule has 7 rings (SSSR count). The Kier molecular flexibility index (Phi) is 8.05. The Morgan fingerprint density at radius 1 is 1.20 bits per heavy atom. The molecule has 4 fully saturated rings. The van der Waals surface area contributed by atoms with Crippen molar-refractivity contribution >= 4 is 45.8 Å². The molecule has 1 aromatic heterocycles. The van der Waals surface area contributed by atoms with E-state index in [4.69, 9.17) is 28.2 Å². The molecule has 1 aliphatic heterocycles. The SMILES string of the molecule is C[C@H]1CN(/C(=N\C[C@@H]2CC[C@H]3C[C@@H]2C3(C)C)Nc2ccc3c(=O)n(CCc4ccc(Cl)cc4Cl)cnc3c2)CCN1.